The van der Waals surface area contributed by atoms with Gasteiger partial charge in [0.2, 0.25) is 0 Å². The molecule has 0 heterocycles. The largest absolute Gasteiger partial charge is 0.484 e. The van der Waals surface area contributed by atoms with E-state index in [1.54, 1.807) is 12.1 Å². The molecule has 0 spiro atoms. The van der Waals surface area contributed by atoms with Gasteiger partial charge in [-0.25, -0.2) is 9.38 Å². The molecule has 166 valence electrons. The monoisotopic (exact) mass is 541 g/mol. The third-order valence-corrected chi connectivity index (χ3v) is 3.81. The number of benzene rings is 2. The number of rotatable bonds is 8. The van der Waals surface area contributed by atoms with E-state index in [1.807, 2.05) is 6.92 Å². The van der Waals surface area contributed by atoms with E-state index in [1.165, 1.54) is 36.4 Å². The van der Waals surface area contributed by atoms with Crippen LogP contribution in [0, 0.1) is 5.82 Å². The fourth-order valence-electron chi connectivity index (χ4n) is 2.36. The first-order valence-electron chi connectivity index (χ1n) is 9.01. The van der Waals surface area contributed by atoms with E-state index in [0.717, 1.165) is 5.56 Å². The number of nitrogens with zero attached hydrogens (tertiary/aromatic N) is 1. The van der Waals surface area contributed by atoms with Gasteiger partial charge in [-0.2, -0.15) is 13.2 Å². The van der Waals surface area contributed by atoms with Gasteiger partial charge in [-0.15, -0.1) is 24.0 Å². The number of nitrogens with one attached hydrogen (secondary N) is 2. The van der Waals surface area contributed by atoms with Crippen LogP contribution in [-0.2, 0) is 6.54 Å². The molecule has 2 aromatic rings. The number of hydrogen-bond donors (Lipinski definition) is 3. The summed E-state index contributed by atoms with van der Waals surface area (Å²) in [6, 6.07) is 11.7. The summed E-state index contributed by atoms with van der Waals surface area (Å²) in [7, 11) is 0. The second-order valence-corrected chi connectivity index (χ2v) is 6.19. The van der Waals surface area contributed by atoms with Crippen LogP contribution in [0.3, 0.4) is 0 Å². The second-order valence-electron chi connectivity index (χ2n) is 6.19. The predicted octanol–water partition coefficient (Wildman–Crippen LogP) is 4.17. The fourth-order valence-corrected chi connectivity index (χ4v) is 2.36. The van der Waals surface area contributed by atoms with Gasteiger partial charge in [0.05, 0.1) is 12.6 Å². The molecular formula is C20H24F4IN3O2. The molecule has 0 amide bonds. The Morgan fingerprint density at radius 1 is 1.07 bits per heavy atom. The van der Waals surface area contributed by atoms with Crippen molar-refractivity contribution in [2.24, 2.45) is 4.99 Å². The van der Waals surface area contributed by atoms with Gasteiger partial charge in [-0.3, -0.25) is 0 Å². The van der Waals surface area contributed by atoms with Gasteiger partial charge < -0.3 is 20.5 Å². The summed E-state index contributed by atoms with van der Waals surface area (Å²) in [5.41, 5.74) is 1.35. The Morgan fingerprint density at radius 2 is 1.70 bits per heavy atom. The van der Waals surface area contributed by atoms with E-state index in [4.69, 9.17) is 0 Å². The van der Waals surface area contributed by atoms with Crippen molar-refractivity contribution in [3.63, 3.8) is 0 Å². The molecule has 0 aliphatic rings. The fraction of sp³-hybridized carbons (Fsp3) is 0.350. The van der Waals surface area contributed by atoms with Gasteiger partial charge in [-0.1, -0.05) is 24.3 Å². The molecule has 0 aromatic heterocycles. The van der Waals surface area contributed by atoms with Crippen molar-refractivity contribution in [3.8, 4) is 5.75 Å². The highest BCUT2D eigenvalue weighted by molar-refractivity contribution is 14.0. The minimum absolute atomic E-state index is 0. The summed E-state index contributed by atoms with van der Waals surface area (Å²) >= 11 is 0. The smallest absolute Gasteiger partial charge is 0.422 e. The third-order valence-electron chi connectivity index (χ3n) is 3.81. The zero-order valence-corrected chi connectivity index (χ0v) is 18.6. The number of alkyl halides is 3. The van der Waals surface area contributed by atoms with Crippen LogP contribution >= 0.6 is 24.0 Å². The molecular weight excluding hydrogens is 517 g/mol. The Bertz CT molecular complexity index is 784. The minimum atomic E-state index is -4.38. The van der Waals surface area contributed by atoms with Crippen molar-refractivity contribution in [2.75, 3.05) is 19.7 Å². The molecule has 1 unspecified atom stereocenters. The molecule has 2 aromatic carbocycles. The van der Waals surface area contributed by atoms with Gasteiger partial charge in [0, 0.05) is 13.1 Å². The molecule has 0 fully saturated rings. The summed E-state index contributed by atoms with van der Waals surface area (Å²) in [6.45, 7) is 1.60. The zero-order valence-electron chi connectivity index (χ0n) is 16.2. The molecule has 0 aliphatic carbocycles. The Balaban J connectivity index is 0.00000450. The number of aliphatic hydroxyl groups excluding tert-OH is 1. The van der Waals surface area contributed by atoms with Crippen molar-refractivity contribution < 1.29 is 27.4 Å². The van der Waals surface area contributed by atoms with Crippen molar-refractivity contribution in [3.05, 3.63) is 65.5 Å². The number of guanidine groups is 1. The van der Waals surface area contributed by atoms with Crippen LogP contribution in [-0.4, -0.2) is 36.9 Å². The van der Waals surface area contributed by atoms with Gasteiger partial charge in [0.1, 0.15) is 11.6 Å². The molecule has 0 saturated heterocycles. The lowest BCUT2D eigenvalue weighted by molar-refractivity contribution is -0.153. The molecule has 0 radical (unpaired) electrons. The van der Waals surface area contributed by atoms with E-state index in [0.29, 0.717) is 18.1 Å². The maximum absolute atomic E-state index is 13.0. The summed E-state index contributed by atoms with van der Waals surface area (Å²) < 4.78 is 54.1. The Hall–Kier alpha value is -2.08. The average Bonchev–Trinajstić information content (AvgIpc) is 2.69. The zero-order chi connectivity index (χ0) is 21.3. The van der Waals surface area contributed by atoms with E-state index < -0.39 is 18.9 Å². The molecule has 1 atom stereocenters. The van der Waals surface area contributed by atoms with Crippen LogP contribution in [0.25, 0.3) is 0 Å². The quantitative estimate of drug-likeness (QED) is 0.203. The maximum atomic E-state index is 13.0. The standard InChI is InChI=1S/C20H23F4N3O2.HI/c1-2-25-19(27-12-18(28)15-5-7-16(21)8-6-15)26-11-14-3-9-17(10-4-14)29-13-20(22,23)24;/h3-10,18,28H,2,11-13H2,1H3,(H2,25,26,27);1H. The second kappa shape index (κ2) is 12.6. The molecule has 3 N–H and O–H groups in total. The van der Waals surface area contributed by atoms with Crippen LogP contribution in [0.1, 0.15) is 24.2 Å². The maximum Gasteiger partial charge on any atom is 0.422 e. The SMILES string of the molecule is CCNC(=NCc1ccc(OCC(F)(F)F)cc1)NCC(O)c1ccc(F)cc1.I. The third kappa shape index (κ3) is 9.61. The summed E-state index contributed by atoms with van der Waals surface area (Å²) in [5, 5.41) is 16.2. The first-order chi connectivity index (χ1) is 13.8. The van der Waals surface area contributed by atoms with Gasteiger partial charge in [-0.05, 0) is 42.3 Å². The van der Waals surface area contributed by atoms with Crippen LogP contribution in [0.5, 0.6) is 5.75 Å². The van der Waals surface area contributed by atoms with E-state index >= 15 is 0 Å². The number of aliphatic hydroxyl groups is 1. The lowest BCUT2D eigenvalue weighted by atomic mass is 10.1. The van der Waals surface area contributed by atoms with Crippen molar-refractivity contribution >= 4 is 29.9 Å². The lowest BCUT2D eigenvalue weighted by Crippen LogP contribution is -2.39. The van der Waals surface area contributed by atoms with E-state index in [9.17, 15) is 22.7 Å². The van der Waals surface area contributed by atoms with E-state index in [-0.39, 0.29) is 48.6 Å². The highest BCUT2D eigenvalue weighted by atomic mass is 127. The first-order valence-corrected chi connectivity index (χ1v) is 9.01. The van der Waals surface area contributed by atoms with Gasteiger partial charge >= 0.3 is 6.18 Å². The van der Waals surface area contributed by atoms with Crippen LogP contribution < -0.4 is 15.4 Å². The summed E-state index contributed by atoms with van der Waals surface area (Å²) in [5.74, 6) is 0.215. The van der Waals surface area contributed by atoms with Crippen LogP contribution in [0.2, 0.25) is 0 Å². The van der Waals surface area contributed by atoms with Crippen LogP contribution in [0.4, 0.5) is 17.6 Å². The van der Waals surface area contributed by atoms with Crippen LogP contribution in [0.15, 0.2) is 53.5 Å². The Morgan fingerprint density at radius 3 is 2.27 bits per heavy atom. The number of halogens is 5. The van der Waals surface area contributed by atoms with Crippen molar-refractivity contribution in [2.45, 2.75) is 25.7 Å². The summed E-state index contributed by atoms with van der Waals surface area (Å²) in [4.78, 5) is 4.38. The molecule has 0 bridgehead atoms. The Labute approximate surface area is 189 Å². The molecule has 0 saturated carbocycles. The lowest BCUT2D eigenvalue weighted by Gasteiger charge is -2.15. The Kier molecular flexibility index (Phi) is 10.9. The molecule has 10 heteroatoms. The van der Waals surface area contributed by atoms with Gasteiger partial charge in [0.25, 0.3) is 0 Å². The predicted molar refractivity (Wildman–Crippen MR) is 118 cm³/mol. The van der Waals surface area contributed by atoms with Crippen molar-refractivity contribution in [1.82, 2.24) is 10.6 Å². The average molecular weight is 541 g/mol. The topological polar surface area (TPSA) is 65.9 Å². The molecule has 0 aliphatic heterocycles. The van der Waals surface area contributed by atoms with Crippen molar-refractivity contribution in [1.29, 1.82) is 0 Å². The number of hydrogen-bond acceptors (Lipinski definition) is 3. The number of aliphatic imine (C=N–C) groups is 1. The summed E-state index contributed by atoms with van der Waals surface area (Å²) in [6.07, 6.45) is -5.22. The highest BCUT2D eigenvalue weighted by Gasteiger charge is 2.28. The highest BCUT2D eigenvalue weighted by Crippen LogP contribution is 2.19. The van der Waals surface area contributed by atoms with E-state index in [2.05, 4.69) is 20.4 Å². The number of ether oxygens (including phenoxy) is 1. The molecule has 5 nitrogen and oxygen atoms in total. The minimum Gasteiger partial charge on any atom is -0.484 e. The normalized spacial score (nSPS) is 12.7. The molecule has 2 rings (SSSR count). The first kappa shape index (κ1) is 26.0. The molecule has 30 heavy (non-hydrogen) atoms. The van der Waals surface area contributed by atoms with Gasteiger partial charge in [0.15, 0.2) is 12.6 Å².